The number of aliphatic hydroxyl groups excluding tert-OH is 1. The fourth-order valence-electron chi connectivity index (χ4n) is 1.76. The summed E-state index contributed by atoms with van der Waals surface area (Å²) < 4.78 is 0. The lowest BCUT2D eigenvalue weighted by Crippen LogP contribution is -2.50. The molecule has 1 aromatic rings. The Kier molecular flexibility index (Phi) is 5.00. The van der Waals surface area contributed by atoms with Crippen molar-refractivity contribution in [2.45, 2.75) is 32.2 Å². The van der Waals surface area contributed by atoms with E-state index in [1.165, 1.54) is 24.3 Å². The molecule has 0 unspecified atom stereocenters. The van der Waals surface area contributed by atoms with E-state index >= 15 is 0 Å². The minimum atomic E-state index is -0.679. The maximum absolute atomic E-state index is 12.1. The highest BCUT2D eigenvalue weighted by Gasteiger charge is 2.27. The second kappa shape index (κ2) is 6.29. The zero-order valence-electron chi connectivity index (χ0n) is 11.0. The van der Waals surface area contributed by atoms with Gasteiger partial charge in [0, 0.05) is 17.7 Å². The number of hydrogen-bond acceptors (Lipinski definition) is 4. The molecule has 0 radical (unpaired) electrons. The van der Waals surface area contributed by atoms with Gasteiger partial charge in [-0.25, -0.2) is 0 Å². The highest BCUT2D eigenvalue weighted by molar-refractivity contribution is 5.95. The van der Waals surface area contributed by atoms with Crippen molar-refractivity contribution in [3.63, 3.8) is 0 Å². The molecule has 0 aliphatic heterocycles. The summed E-state index contributed by atoms with van der Waals surface area (Å²) in [5.74, 6) is -0.415. The van der Waals surface area contributed by atoms with Crippen LogP contribution in [0, 0.1) is 10.1 Å². The Morgan fingerprint density at radius 2 is 2.05 bits per heavy atom. The Morgan fingerprint density at radius 1 is 1.42 bits per heavy atom. The summed E-state index contributed by atoms with van der Waals surface area (Å²) in [6.07, 6.45) is 1.17. The number of carbonyl (C=O) groups excluding carboxylic acids is 1. The number of nitrogens with one attached hydrogen (secondary N) is 1. The summed E-state index contributed by atoms with van der Waals surface area (Å²) in [4.78, 5) is 22.2. The van der Waals surface area contributed by atoms with Crippen molar-refractivity contribution >= 4 is 11.6 Å². The molecule has 0 fully saturated rings. The fourth-order valence-corrected chi connectivity index (χ4v) is 1.76. The van der Waals surface area contributed by atoms with Crippen LogP contribution in [-0.4, -0.2) is 28.1 Å². The average molecular weight is 266 g/mol. The number of nitro benzene ring substituents is 1. The highest BCUT2D eigenvalue weighted by Crippen LogP contribution is 2.17. The molecule has 6 nitrogen and oxygen atoms in total. The van der Waals surface area contributed by atoms with E-state index in [1.54, 1.807) is 0 Å². The number of carbonyl (C=O) groups is 1. The molecule has 0 heterocycles. The second-order valence-corrected chi connectivity index (χ2v) is 4.41. The van der Waals surface area contributed by atoms with Crippen LogP contribution in [0.2, 0.25) is 0 Å². The largest absolute Gasteiger partial charge is 0.394 e. The molecular formula is C13H18N2O4. The van der Waals surface area contributed by atoms with Gasteiger partial charge in [0.2, 0.25) is 0 Å². The van der Waals surface area contributed by atoms with Crippen molar-refractivity contribution in [2.24, 2.45) is 0 Å². The minimum absolute atomic E-state index is 0.129. The van der Waals surface area contributed by atoms with Crippen molar-refractivity contribution in [2.75, 3.05) is 6.61 Å². The van der Waals surface area contributed by atoms with Crippen LogP contribution in [-0.2, 0) is 0 Å². The van der Waals surface area contributed by atoms with Gasteiger partial charge in [0.15, 0.2) is 0 Å². The molecule has 0 saturated carbocycles. The van der Waals surface area contributed by atoms with Crippen molar-refractivity contribution < 1.29 is 14.8 Å². The Balaban J connectivity index is 2.94. The third-order valence-electron chi connectivity index (χ3n) is 3.35. The van der Waals surface area contributed by atoms with Crippen LogP contribution in [0.15, 0.2) is 24.3 Å². The number of hydrogen-bond donors (Lipinski definition) is 2. The van der Waals surface area contributed by atoms with Crippen molar-refractivity contribution in [3.05, 3.63) is 39.9 Å². The summed E-state index contributed by atoms with van der Waals surface area (Å²) in [7, 11) is 0. The van der Waals surface area contributed by atoms with E-state index in [2.05, 4.69) is 5.32 Å². The zero-order chi connectivity index (χ0) is 14.5. The Bertz CT molecular complexity index is 461. The van der Waals surface area contributed by atoms with Gasteiger partial charge in [0.05, 0.1) is 17.1 Å². The molecule has 104 valence electrons. The first-order valence-corrected chi connectivity index (χ1v) is 6.16. The lowest BCUT2D eigenvalue weighted by atomic mass is 9.93. The smallest absolute Gasteiger partial charge is 0.270 e. The Hall–Kier alpha value is -1.95. The first kappa shape index (κ1) is 15.1. The number of benzene rings is 1. The van der Waals surface area contributed by atoms with Crippen LogP contribution in [0.5, 0.6) is 0 Å². The zero-order valence-corrected chi connectivity index (χ0v) is 11.0. The molecule has 19 heavy (non-hydrogen) atoms. The molecule has 1 aromatic carbocycles. The van der Waals surface area contributed by atoms with E-state index in [0.29, 0.717) is 12.8 Å². The van der Waals surface area contributed by atoms with Crippen LogP contribution in [0.1, 0.15) is 37.0 Å². The third-order valence-corrected chi connectivity index (χ3v) is 3.35. The molecule has 2 N–H and O–H groups in total. The van der Waals surface area contributed by atoms with E-state index in [0.717, 1.165) is 0 Å². The maximum Gasteiger partial charge on any atom is 0.270 e. The summed E-state index contributed by atoms with van der Waals surface area (Å²) in [6.45, 7) is 3.57. The number of amides is 1. The molecule has 6 heteroatoms. The molecule has 0 spiro atoms. The number of non-ortho nitro benzene ring substituents is 1. The monoisotopic (exact) mass is 266 g/mol. The molecule has 0 aromatic heterocycles. The number of rotatable bonds is 6. The topological polar surface area (TPSA) is 92.5 Å². The van der Waals surface area contributed by atoms with E-state index in [-0.39, 0.29) is 17.9 Å². The molecule has 0 aliphatic rings. The van der Waals surface area contributed by atoms with Gasteiger partial charge < -0.3 is 10.4 Å². The van der Waals surface area contributed by atoms with E-state index < -0.39 is 16.4 Å². The lowest BCUT2D eigenvalue weighted by molar-refractivity contribution is -0.384. The normalized spacial score (nSPS) is 11.1. The van der Waals surface area contributed by atoms with Gasteiger partial charge >= 0.3 is 0 Å². The Morgan fingerprint density at radius 3 is 2.53 bits per heavy atom. The molecule has 1 amide bonds. The van der Waals surface area contributed by atoms with Crippen molar-refractivity contribution in [1.82, 2.24) is 5.32 Å². The summed E-state index contributed by atoms with van der Waals surface area (Å²) in [5.41, 5.74) is -0.592. The second-order valence-electron chi connectivity index (χ2n) is 4.41. The minimum Gasteiger partial charge on any atom is -0.394 e. The van der Waals surface area contributed by atoms with E-state index in [4.69, 9.17) is 0 Å². The summed E-state index contributed by atoms with van der Waals surface area (Å²) in [6, 6.07) is 5.53. The number of nitrogens with zero attached hydrogens (tertiary/aromatic N) is 1. The quantitative estimate of drug-likeness (QED) is 0.607. The standard InChI is InChI=1S/C13H18N2O4/c1-3-13(4-2,9-16)14-12(17)10-6-5-7-11(8-10)15(18)19/h5-8,16H,3-4,9H2,1-2H3,(H,14,17). The van der Waals surface area contributed by atoms with Gasteiger partial charge in [0.1, 0.15) is 0 Å². The van der Waals surface area contributed by atoms with Gasteiger partial charge in [-0.3, -0.25) is 14.9 Å². The van der Waals surface area contributed by atoms with Gasteiger partial charge in [-0.05, 0) is 18.9 Å². The summed E-state index contributed by atoms with van der Waals surface area (Å²) in [5, 5.41) is 22.8. The SMILES string of the molecule is CCC(CC)(CO)NC(=O)c1cccc([N+](=O)[O-])c1. The molecule has 0 bridgehead atoms. The fraction of sp³-hybridized carbons (Fsp3) is 0.462. The van der Waals surface area contributed by atoms with Crippen LogP contribution in [0.25, 0.3) is 0 Å². The van der Waals surface area contributed by atoms with Crippen LogP contribution in [0.4, 0.5) is 5.69 Å². The Labute approximate surface area is 111 Å². The summed E-state index contributed by atoms with van der Waals surface area (Å²) >= 11 is 0. The first-order chi connectivity index (χ1) is 8.98. The molecule has 0 aliphatic carbocycles. The van der Waals surface area contributed by atoms with Gasteiger partial charge in [-0.1, -0.05) is 19.9 Å². The average Bonchev–Trinajstić information content (AvgIpc) is 2.45. The molecule has 0 atom stereocenters. The molecule has 1 rings (SSSR count). The van der Waals surface area contributed by atoms with Crippen LogP contribution >= 0.6 is 0 Å². The van der Waals surface area contributed by atoms with E-state index in [9.17, 15) is 20.0 Å². The lowest BCUT2D eigenvalue weighted by Gasteiger charge is -2.30. The van der Waals surface area contributed by atoms with E-state index in [1.807, 2.05) is 13.8 Å². The van der Waals surface area contributed by atoms with Gasteiger partial charge in [0.25, 0.3) is 11.6 Å². The van der Waals surface area contributed by atoms with Crippen molar-refractivity contribution in [3.8, 4) is 0 Å². The van der Waals surface area contributed by atoms with Gasteiger partial charge in [-0.2, -0.15) is 0 Å². The third kappa shape index (κ3) is 3.51. The number of aliphatic hydroxyl groups is 1. The maximum atomic E-state index is 12.1. The first-order valence-electron chi connectivity index (χ1n) is 6.16. The van der Waals surface area contributed by atoms with Crippen LogP contribution in [0.3, 0.4) is 0 Å². The number of nitro groups is 1. The highest BCUT2D eigenvalue weighted by atomic mass is 16.6. The molecular weight excluding hydrogens is 248 g/mol. The predicted molar refractivity (Wildman–Crippen MR) is 71.0 cm³/mol. The molecule has 0 saturated heterocycles. The predicted octanol–water partition coefficient (Wildman–Crippen LogP) is 1.88. The van der Waals surface area contributed by atoms with Gasteiger partial charge in [-0.15, -0.1) is 0 Å². The van der Waals surface area contributed by atoms with Crippen LogP contribution < -0.4 is 5.32 Å². The van der Waals surface area contributed by atoms with Crippen molar-refractivity contribution in [1.29, 1.82) is 0 Å².